The molecule has 1 aromatic rings. The Kier molecular flexibility index (Phi) is 8.21. The number of amides is 2. The molecule has 0 radical (unpaired) electrons. The molecule has 2 amide bonds. The van der Waals surface area contributed by atoms with Crippen molar-refractivity contribution in [1.82, 2.24) is 5.32 Å². The van der Waals surface area contributed by atoms with Gasteiger partial charge in [-0.05, 0) is 18.6 Å². The third kappa shape index (κ3) is 6.55. The number of carbonyl (C=O) groups is 2. The van der Waals surface area contributed by atoms with Gasteiger partial charge in [-0.25, -0.2) is 0 Å². The highest BCUT2D eigenvalue weighted by molar-refractivity contribution is 5.92. The molecular formula is C19H30N3O4+. The summed E-state index contributed by atoms with van der Waals surface area (Å²) in [5.41, 5.74) is 0.565. The summed E-state index contributed by atoms with van der Waals surface area (Å²) in [6, 6.07) is 5.22. The van der Waals surface area contributed by atoms with Crippen LogP contribution in [0.25, 0.3) is 0 Å². The van der Waals surface area contributed by atoms with Crippen molar-refractivity contribution in [1.29, 1.82) is 0 Å². The minimum absolute atomic E-state index is 0.00959. The van der Waals surface area contributed by atoms with E-state index in [1.165, 1.54) is 25.9 Å². The van der Waals surface area contributed by atoms with Crippen LogP contribution in [0.15, 0.2) is 18.2 Å². The number of benzene rings is 1. The summed E-state index contributed by atoms with van der Waals surface area (Å²) >= 11 is 0. The van der Waals surface area contributed by atoms with E-state index < -0.39 is 0 Å². The van der Waals surface area contributed by atoms with Crippen LogP contribution in [0.3, 0.4) is 0 Å². The molecule has 0 unspecified atom stereocenters. The van der Waals surface area contributed by atoms with E-state index in [-0.39, 0.29) is 18.2 Å². The third-order valence-corrected chi connectivity index (χ3v) is 4.60. The molecule has 3 N–H and O–H groups in total. The number of likely N-dealkylation sites (tertiary alicyclic amines) is 1. The van der Waals surface area contributed by atoms with Gasteiger partial charge < -0.3 is 25.0 Å². The van der Waals surface area contributed by atoms with Crippen molar-refractivity contribution >= 4 is 17.5 Å². The molecule has 0 saturated carbocycles. The summed E-state index contributed by atoms with van der Waals surface area (Å²) < 4.78 is 10.4. The highest BCUT2D eigenvalue weighted by Crippen LogP contribution is 2.29. The zero-order valence-electron chi connectivity index (χ0n) is 15.7. The van der Waals surface area contributed by atoms with Gasteiger partial charge in [0.2, 0.25) is 11.8 Å². The Bertz CT molecular complexity index is 600. The Morgan fingerprint density at radius 2 is 1.81 bits per heavy atom. The number of ether oxygens (including phenoxy) is 2. The van der Waals surface area contributed by atoms with E-state index in [9.17, 15) is 9.59 Å². The second kappa shape index (κ2) is 10.7. The molecule has 1 fully saturated rings. The van der Waals surface area contributed by atoms with Crippen LogP contribution in [0.5, 0.6) is 11.5 Å². The molecule has 1 aliphatic heterocycles. The smallest absolute Gasteiger partial charge is 0.224 e. The molecule has 0 aliphatic carbocycles. The van der Waals surface area contributed by atoms with Gasteiger partial charge in [-0.2, -0.15) is 0 Å². The lowest BCUT2D eigenvalue weighted by Gasteiger charge is -2.13. The molecule has 0 bridgehead atoms. The Hall–Kier alpha value is -2.28. The minimum Gasteiger partial charge on any atom is -0.497 e. The molecule has 144 valence electrons. The summed E-state index contributed by atoms with van der Waals surface area (Å²) in [7, 11) is 3.11. The van der Waals surface area contributed by atoms with E-state index >= 15 is 0 Å². The number of rotatable bonds is 10. The van der Waals surface area contributed by atoms with E-state index in [1.807, 2.05) is 0 Å². The quantitative estimate of drug-likeness (QED) is 0.568. The van der Waals surface area contributed by atoms with Gasteiger partial charge in [0, 0.05) is 31.7 Å². The number of hydrogen-bond donors (Lipinski definition) is 3. The van der Waals surface area contributed by atoms with Crippen molar-refractivity contribution in [2.45, 2.75) is 32.1 Å². The summed E-state index contributed by atoms with van der Waals surface area (Å²) in [5.74, 6) is 1.07. The standard InChI is InChI=1S/C19H29N3O4/c1-25-15-8-9-17(26-2)16(14-15)21-19(24)7-5-6-18(23)20-10-13-22-11-3-4-12-22/h8-9,14H,3-7,10-13H2,1-2H3,(H,20,23)(H,21,24)/p+1. The Morgan fingerprint density at radius 1 is 1.08 bits per heavy atom. The van der Waals surface area contributed by atoms with Crippen molar-refractivity contribution in [2.24, 2.45) is 0 Å². The summed E-state index contributed by atoms with van der Waals surface area (Å²) in [4.78, 5) is 25.5. The minimum atomic E-state index is -0.147. The van der Waals surface area contributed by atoms with E-state index in [1.54, 1.807) is 37.3 Å². The molecule has 1 aliphatic rings. The normalized spacial score (nSPS) is 14.1. The zero-order valence-corrected chi connectivity index (χ0v) is 15.7. The second-order valence-corrected chi connectivity index (χ2v) is 6.53. The second-order valence-electron chi connectivity index (χ2n) is 6.53. The number of hydrogen-bond acceptors (Lipinski definition) is 4. The maximum atomic E-state index is 12.1. The van der Waals surface area contributed by atoms with Crippen molar-refractivity contribution in [2.75, 3.05) is 45.7 Å². The van der Waals surface area contributed by atoms with Crippen molar-refractivity contribution in [3.8, 4) is 11.5 Å². The topological polar surface area (TPSA) is 81.1 Å². The van der Waals surface area contributed by atoms with Gasteiger partial charge >= 0.3 is 0 Å². The number of carbonyl (C=O) groups excluding carboxylic acids is 2. The molecule has 7 nitrogen and oxygen atoms in total. The van der Waals surface area contributed by atoms with Crippen molar-refractivity contribution in [3.63, 3.8) is 0 Å². The van der Waals surface area contributed by atoms with E-state index in [0.29, 0.717) is 36.6 Å². The summed E-state index contributed by atoms with van der Waals surface area (Å²) in [6.45, 7) is 4.12. The largest absolute Gasteiger partial charge is 0.497 e. The Labute approximate surface area is 155 Å². The maximum absolute atomic E-state index is 12.1. The molecule has 26 heavy (non-hydrogen) atoms. The monoisotopic (exact) mass is 364 g/mol. The van der Waals surface area contributed by atoms with Crippen LogP contribution in [0, 0.1) is 0 Å². The van der Waals surface area contributed by atoms with Crippen LogP contribution in [0.1, 0.15) is 32.1 Å². The highest BCUT2D eigenvalue weighted by atomic mass is 16.5. The predicted molar refractivity (Wildman–Crippen MR) is 99.8 cm³/mol. The van der Waals surface area contributed by atoms with E-state index in [0.717, 1.165) is 6.54 Å². The molecule has 2 rings (SSSR count). The van der Waals surface area contributed by atoms with Crippen LogP contribution >= 0.6 is 0 Å². The van der Waals surface area contributed by atoms with Crippen LogP contribution in [0.2, 0.25) is 0 Å². The van der Waals surface area contributed by atoms with Gasteiger partial charge in [-0.15, -0.1) is 0 Å². The number of quaternary nitrogens is 1. The fourth-order valence-electron chi connectivity index (χ4n) is 3.13. The SMILES string of the molecule is COc1ccc(OC)c(NC(=O)CCCC(=O)NCC[NH+]2CCCC2)c1. The lowest BCUT2D eigenvalue weighted by molar-refractivity contribution is -0.886. The predicted octanol–water partition coefficient (Wildman–Crippen LogP) is 0.608. The first-order valence-corrected chi connectivity index (χ1v) is 9.24. The van der Waals surface area contributed by atoms with Gasteiger partial charge in [0.05, 0.1) is 46.1 Å². The van der Waals surface area contributed by atoms with Crippen LogP contribution in [-0.2, 0) is 9.59 Å². The van der Waals surface area contributed by atoms with Gasteiger partial charge in [0.1, 0.15) is 11.5 Å². The molecule has 7 heteroatoms. The first-order chi connectivity index (χ1) is 12.6. The van der Waals surface area contributed by atoms with Crippen LogP contribution in [-0.4, -0.2) is 52.2 Å². The average molecular weight is 364 g/mol. The first kappa shape index (κ1) is 20.0. The molecule has 0 spiro atoms. The highest BCUT2D eigenvalue weighted by Gasteiger charge is 2.15. The number of anilines is 1. The van der Waals surface area contributed by atoms with Gasteiger partial charge in [-0.3, -0.25) is 9.59 Å². The number of nitrogens with one attached hydrogen (secondary N) is 3. The summed E-state index contributed by atoms with van der Waals surface area (Å²) in [6.07, 6.45) is 3.73. The molecule has 0 aromatic heterocycles. The first-order valence-electron chi connectivity index (χ1n) is 9.24. The van der Waals surface area contributed by atoms with E-state index in [2.05, 4.69) is 10.6 Å². The van der Waals surface area contributed by atoms with Crippen LogP contribution < -0.4 is 25.0 Å². The molecule has 0 atom stereocenters. The van der Waals surface area contributed by atoms with Gasteiger partial charge in [-0.1, -0.05) is 0 Å². The van der Waals surface area contributed by atoms with E-state index in [4.69, 9.17) is 9.47 Å². The van der Waals surface area contributed by atoms with Gasteiger partial charge in [0.25, 0.3) is 0 Å². The number of methoxy groups -OCH3 is 2. The lowest BCUT2D eigenvalue weighted by Crippen LogP contribution is -3.10. The Morgan fingerprint density at radius 3 is 2.50 bits per heavy atom. The maximum Gasteiger partial charge on any atom is 0.224 e. The van der Waals surface area contributed by atoms with Crippen molar-refractivity contribution < 1.29 is 24.0 Å². The third-order valence-electron chi connectivity index (χ3n) is 4.60. The van der Waals surface area contributed by atoms with Crippen molar-refractivity contribution in [3.05, 3.63) is 18.2 Å². The molecular weight excluding hydrogens is 334 g/mol. The molecule has 1 saturated heterocycles. The van der Waals surface area contributed by atoms with Gasteiger partial charge in [0.15, 0.2) is 0 Å². The average Bonchev–Trinajstić information content (AvgIpc) is 3.15. The summed E-state index contributed by atoms with van der Waals surface area (Å²) in [5, 5.41) is 5.75. The zero-order chi connectivity index (χ0) is 18.8. The Balaban J connectivity index is 1.66. The molecule has 1 aromatic carbocycles. The lowest BCUT2D eigenvalue weighted by atomic mass is 10.2. The van der Waals surface area contributed by atoms with Crippen LogP contribution in [0.4, 0.5) is 5.69 Å². The molecule has 1 heterocycles. The fourth-order valence-corrected chi connectivity index (χ4v) is 3.13. The fraction of sp³-hybridized carbons (Fsp3) is 0.579.